The number of alkyl halides is 7. The molecule has 0 bridgehead atoms. The fourth-order valence-corrected chi connectivity index (χ4v) is 8.32. The molecule has 0 radical (unpaired) electrons. The molecule has 6 nitrogen and oxygen atoms in total. The van der Waals surface area contributed by atoms with Crippen molar-refractivity contribution in [1.82, 2.24) is 9.88 Å². The van der Waals surface area contributed by atoms with Gasteiger partial charge < -0.3 is 9.64 Å². The van der Waals surface area contributed by atoms with E-state index in [0.29, 0.717) is 18.9 Å². The average molecular weight is 629 g/mol. The summed E-state index contributed by atoms with van der Waals surface area (Å²) in [6, 6.07) is 2.82. The predicted octanol–water partition coefficient (Wildman–Crippen LogP) is 6.92. The lowest BCUT2D eigenvalue weighted by molar-refractivity contribution is -0.348. The molecule has 1 amide bonds. The lowest BCUT2D eigenvalue weighted by Gasteiger charge is -2.42. The molecular formula is C27H28F8N2O4S. The Morgan fingerprint density at radius 3 is 2.21 bits per heavy atom. The summed E-state index contributed by atoms with van der Waals surface area (Å²) in [5.74, 6) is -0.761. The zero-order valence-corrected chi connectivity index (χ0v) is 23.6. The van der Waals surface area contributed by atoms with Gasteiger partial charge in [-0.3, -0.25) is 4.98 Å². The van der Waals surface area contributed by atoms with Gasteiger partial charge in [0.1, 0.15) is 16.2 Å². The predicted molar refractivity (Wildman–Crippen MR) is 133 cm³/mol. The minimum atomic E-state index is -6.39. The monoisotopic (exact) mass is 628 g/mol. The minimum Gasteiger partial charge on any atom is -0.443 e. The zero-order valence-electron chi connectivity index (χ0n) is 22.7. The van der Waals surface area contributed by atoms with Crippen LogP contribution in [0.3, 0.4) is 0 Å². The van der Waals surface area contributed by atoms with Crippen LogP contribution in [0, 0.1) is 5.82 Å². The first-order valence-corrected chi connectivity index (χ1v) is 14.5. The Hall–Kier alpha value is -2.97. The number of pyridine rings is 1. The molecule has 42 heavy (non-hydrogen) atoms. The van der Waals surface area contributed by atoms with Crippen LogP contribution in [-0.4, -0.2) is 54.9 Å². The summed E-state index contributed by atoms with van der Waals surface area (Å²) in [4.78, 5) is 17.8. The van der Waals surface area contributed by atoms with Gasteiger partial charge in [-0.05, 0) is 75.4 Å². The number of ether oxygens (including phenoxy) is 1. The van der Waals surface area contributed by atoms with E-state index in [1.807, 2.05) is 6.92 Å². The number of fused-ring (bicyclic) bond motifs is 3. The molecule has 0 N–H and O–H groups in total. The van der Waals surface area contributed by atoms with E-state index >= 15 is 0 Å². The molecule has 2 aromatic rings. The molecule has 1 fully saturated rings. The van der Waals surface area contributed by atoms with Crippen molar-refractivity contribution in [3.63, 3.8) is 0 Å². The number of halogens is 8. The first-order chi connectivity index (χ1) is 19.2. The maximum Gasteiger partial charge on any atom is 0.436 e. The molecule has 1 aromatic carbocycles. The van der Waals surface area contributed by atoms with E-state index in [4.69, 9.17) is 4.74 Å². The van der Waals surface area contributed by atoms with Gasteiger partial charge in [0, 0.05) is 18.3 Å². The quantitative estimate of drug-likeness (QED) is 0.257. The molecule has 2 heterocycles. The largest absolute Gasteiger partial charge is 0.443 e. The Labute approximate surface area is 237 Å². The summed E-state index contributed by atoms with van der Waals surface area (Å²) in [5, 5.41) is 0. The van der Waals surface area contributed by atoms with Gasteiger partial charge in [-0.1, -0.05) is 13.3 Å². The molecule has 232 valence electrons. The van der Waals surface area contributed by atoms with Crippen molar-refractivity contribution in [3.05, 3.63) is 59.2 Å². The molecule has 1 aliphatic carbocycles. The number of likely N-dealkylation sites (tertiary alicyclic amines) is 1. The van der Waals surface area contributed by atoms with Crippen molar-refractivity contribution < 1.29 is 53.1 Å². The van der Waals surface area contributed by atoms with Gasteiger partial charge in [-0.15, -0.1) is 0 Å². The van der Waals surface area contributed by atoms with Gasteiger partial charge >= 0.3 is 24.1 Å². The van der Waals surface area contributed by atoms with Crippen LogP contribution in [0.25, 0.3) is 0 Å². The van der Waals surface area contributed by atoms with E-state index < -0.39 is 72.3 Å². The van der Waals surface area contributed by atoms with Crippen molar-refractivity contribution in [2.24, 2.45) is 0 Å². The number of hydrogen-bond acceptors (Lipinski definition) is 5. The third-order valence-electron chi connectivity index (χ3n) is 7.93. The van der Waals surface area contributed by atoms with Gasteiger partial charge in [0.25, 0.3) is 0 Å². The number of nitrogens with zero attached hydrogens (tertiary/aromatic N) is 2. The summed E-state index contributed by atoms with van der Waals surface area (Å²) >= 11 is 0. The molecule has 15 heteroatoms. The highest BCUT2D eigenvalue weighted by molar-refractivity contribution is 7.92. The molecule has 2 unspecified atom stereocenters. The molecule has 4 rings (SSSR count). The van der Waals surface area contributed by atoms with Crippen LogP contribution >= 0.6 is 0 Å². The summed E-state index contributed by atoms with van der Waals surface area (Å²) in [7, 11) is -4.63. The molecule has 0 spiro atoms. The smallest absolute Gasteiger partial charge is 0.436 e. The third-order valence-corrected chi connectivity index (χ3v) is 10.4. The number of carbonyl (C=O) groups excluding carboxylic acids is 1. The van der Waals surface area contributed by atoms with Crippen LogP contribution in [0.1, 0.15) is 63.3 Å². The van der Waals surface area contributed by atoms with Crippen LogP contribution < -0.4 is 0 Å². The van der Waals surface area contributed by atoms with Crippen molar-refractivity contribution in [3.8, 4) is 0 Å². The fraction of sp³-hybridized carbons (Fsp3) is 0.556. The Kier molecular flexibility index (Phi) is 7.86. The number of carbonyl (C=O) groups is 1. The highest BCUT2D eigenvalue weighted by Crippen LogP contribution is 2.56. The van der Waals surface area contributed by atoms with Gasteiger partial charge in [-0.25, -0.2) is 22.0 Å². The molecule has 0 saturated carbocycles. The standard InChI is InChI=1S/C27H28F8N2O4S/c1-4-11-23(2,3)41-22(38)37-13-12-24(42(39,40)19-8-6-18(28)7-9-19)20(37)10-5-16-14-17(15-36-21(16)24)25(29,26(30,31)32)27(33,34)35/h6-9,14-15,20H,4-5,10-13H2,1-3H3. The Morgan fingerprint density at radius 1 is 1.07 bits per heavy atom. The van der Waals surface area contributed by atoms with E-state index in [9.17, 15) is 48.3 Å². The second-order valence-electron chi connectivity index (χ2n) is 11.1. The Bertz CT molecular complexity index is 1440. The number of sulfone groups is 1. The number of amides is 1. The van der Waals surface area contributed by atoms with Gasteiger partial charge in [-0.2, -0.15) is 26.3 Å². The summed E-state index contributed by atoms with van der Waals surface area (Å²) in [6.45, 7) is 4.99. The SMILES string of the molecule is CCCC(C)(C)OC(=O)N1CCC2(S(=O)(=O)c3ccc(F)cc3)c3ncc(C(F)(C(F)(F)F)C(F)(F)F)cc3CCC12. The van der Waals surface area contributed by atoms with Crippen molar-refractivity contribution in [2.45, 2.75) is 92.2 Å². The van der Waals surface area contributed by atoms with Crippen molar-refractivity contribution in [2.75, 3.05) is 6.54 Å². The van der Waals surface area contributed by atoms with Gasteiger partial charge in [0.2, 0.25) is 0 Å². The second-order valence-corrected chi connectivity index (χ2v) is 13.3. The van der Waals surface area contributed by atoms with Crippen molar-refractivity contribution >= 4 is 15.9 Å². The third kappa shape index (κ3) is 4.90. The zero-order chi connectivity index (χ0) is 31.5. The number of rotatable bonds is 6. The van der Waals surface area contributed by atoms with E-state index in [2.05, 4.69) is 4.98 Å². The van der Waals surface area contributed by atoms with Crippen LogP contribution in [0.4, 0.5) is 39.9 Å². The highest BCUT2D eigenvalue weighted by Gasteiger charge is 2.74. The molecule has 1 aromatic heterocycles. The molecule has 2 atom stereocenters. The van der Waals surface area contributed by atoms with Crippen molar-refractivity contribution in [1.29, 1.82) is 0 Å². The molecule has 2 aliphatic rings. The van der Waals surface area contributed by atoms with E-state index in [0.717, 1.165) is 24.3 Å². The molecule has 1 saturated heterocycles. The molecular weight excluding hydrogens is 600 g/mol. The summed E-state index contributed by atoms with van der Waals surface area (Å²) < 4.78 is 141. The van der Waals surface area contributed by atoms with E-state index in [-0.39, 0.29) is 37.6 Å². The maximum atomic E-state index is 14.9. The van der Waals surface area contributed by atoms with Crippen LogP contribution in [0.2, 0.25) is 0 Å². The number of aromatic nitrogens is 1. The summed E-state index contributed by atoms with van der Waals surface area (Å²) in [5.41, 5.74) is -9.28. The van der Waals surface area contributed by atoms with Crippen LogP contribution in [-0.2, 0) is 31.4 Å². The minimum absolute atomic E-state index is 0.0372. The first kappa shape index (κ1) is 32.0. The van der Waals surface area contributed by atoms with E-state index in [1.54, 1.807) is 13.8 Å². The molecule has 1 aliphatic heterocycles. The van der Waals surface area contributed by atoms with Crippen LogP contribution in [0.5, 0.6) is 0 Å². The first-order valence-electron chi connectivity index (χ1n) is 13.0. The summed E-state index contributed by atoms with van der Waals surface area (Å²) in [6.07, 6.45) is -13.3. The lowest BCUT2D eigenvalue weighted by Crippen LogP contribution is -2.54. The number of aryl methyl sites for hydroxylation is 1. The highest BCUT2D eigenvalue weighted by atomic mass is 32.2. The number of hydrogen-bond donors (Lipinski definition) is 0. The fourth-order valence-electron chi connectivity index (χ4n) is 6.01. The van der Waals surface area contributed by atoms with Gasteiger partial charge in [0.05, 0.1) is 16.6 Å². The normalized spacial score (nSPS) is 21.6. The Morgan fingerprint density at radius 2 is 1.67 bits per heavy atom. The number of benzene rings is 1. The second kappa shape index (κ2) is 10.3. The topological polar surface area (TPSA) is 76.6 Å². The Balaban J connectivity index is 1.90. The van der Waals surface area contributed by atoms with Gasteiger partial charge in [0.15, 0.2) is 9.84 Å². The lowest BCUT2D eigenvalue weighted by atomic mass is 9.80. The van der Waals surface area contributed by atoms with E-state index in [1.165, 1.54) is 4.90 Å². The maximum absolute atomic E-state index is 14.9. The average Bonchev–Trinajstić information content (AvgIpc) is 3.28. The van der Waals surface area contributed by atoms with Crippen LogP contribution in [0.15, 0.2) is 41.4 Å².